The molecule has 0 fully saturated rings. The van der Waals surface area contributed by atoms with Gasteiger partial charge < -0.3 is 14.8 Å². The second kappa shape index (κ2) is 3.79. The van der Waals surface area contributed by atoms with Crippen LogP contribution in [0.2, 0.25) is 0 Å². The van der Waals surface area contributed by atoms with Crippen molar-refractivity contribution in [3.05, 3.63) is 23.8 Å². The Morgan fingerprint density at radius 2 is 2.21 bits per heavy atom. The number of benzene rings is 1. The molecular formula is C9H9NO3S. The largest absolute Gasteiger partial charge is 0.454 e. The maximum atomic E-state index is 10.5. The molecule has 1 amide bonds. The van der Waals surface area contributed by atoms with Crippen LogP contribution in [-0.2, 0) is 6.54 Å². The van der Waals surface area contributed by atoms with Crippen molar-refractivity contribution in [2.45, 2.75) is 6.54 Å². The van der Waals surface area contributed by atoms with Gasteiger partial charge in [-0.25, -0.2) is 0 Å². The molecular weight excluding hydrogens is 202 g/mol. The normalized spacial score (nSPS) is 12.6. The van der Waals surface area contributed by atoms with Crippen LogP contribution >= 0.6 is 12.6 Å². The molecule has 0 aliphatic carbocycles. The molecule has 1 N–H and O–H groups in total. The third-order valence-corrected chi connectivity index (χ3v) is 2.04. The van der Waals surface area contributed by atoms with Gasteiger partial charge in [-0.15, -0.1) is 0 Å². The van der Waals surface area contributed by atoms with Gasteiger partial charge in [0.1, 0.15) is 0 Å². The number of hydrogen-bond donors (Lipinski definition) is 2. The molecule has 74 valence electrons. The van der Waals surface area contributed by atoms with Crippen molar-refractivity contribution in [1.82, 2.24) is 5.32 Å². The van der Waals surface area contributed by atoms with Gasteiger partial charge >= 0.3 is 0 Å². The predicted molar refractivity (Wildman–Crippen MR) is 53.8 cm³/mol. The molecule has 0 spiro atoms. The van der Waals surface area contributed by atoms with Gasteiger partial charge in [-0.05, 0) is 17.7 Å². The van der Waals surface area contributed by atoms with Gasteiger partial charge in [-0.1, -0.05) is 18.7 Å². The van der Waals surface area contributed by atoms with E-state index in [4.69, 9.17) is 9.47 Å². The van der Waals surface area contributed by atoms with Crippen LogP contribution in [0.25, 0.3) is 0 Å². The topological polar surface area (TPSA) is 47.6 Å². The maximum Gasteiger partial charge on any atom is 0.276 e. The van der Waals surface area contributed by atoms with Gasteiger partial charge in [0.2, 0.25) is 6.79 Å². The number of rotatable bonds is 2. The highest BCUT2D eigenvalue weighted by atomic mass is 32.1. The standard InChI is InChI=1S/C9H9NO3S/c11-9(14)10-4-6-1-2-7-8(3-6)13-5-12-7/h1-3H,4-5H2,(H2,10,11,14). The van der Waals surface area contributed by atoms with Crippen molar-refractivity contribution in [3.63, 3.8) is 0 Å². The van der Waals surface area contributed by atoms with E-state index >= 15 is 0 Å². The molecule has 0 unspecified atom stereocenters. The lowest BCUT2D eigenvalue weighted by Crippen LogP contribution is -2.15. The maximum absolute atomic E-state index is 10.5. The lowest BCUT2D eigenvalue weighted by atomic mass is 10.2. The van der Waals surface area contributed by atoms with E-state index in [1.807, 2.05) is 18.2 Å². The average Bonchev–Trinajstić information content (AvgIpc) is 2.61. The quantitative estimate of drug-likeness (QED) is 0.730. The third kappa shape index (κ3) is 1.93. The summed E-state index contributed by atoms with van der Waals surface area (Å²) in [5.74, 6) is 1.46. The number of amides is 1. The molecule has 1 aromatic carbocycles. The fraction of sp³-hybridized carbons (Fsp3) is 0.222. The van der Waals surface area contributed by atoms with Crippen LogP contribution in [0.3, 0.4) is 0 Å². The zero-order valence-corrected chi connectivity index (χ0v) is 8.21. The van der Waals surface area contributed by atoms with Crippen molar-refractivity contribution in [1.29, 1.82) is 0 Å². The Morgan fingerprint density at radius 1 is 1.43 bits per heavy atom. The van der Waals surface area contributed by atoms with E-state index < -0.39 is 0 Å². The van der Waals surface area contributed by atoms with E-state index in [0.29, 0.717) is 6.54 Å². The van der Waals surface area contributed by atoms with Crippen molar-refractivity contribution in [2.75, 3.05) is 6.79 Å². The van der Waals surface area contributed by atoms with E-state index in [1.165, 1.54) is 0 Å². The molecule has 14 heavy (non-hydrogen) atoms. The average molecular weight is 211 g/mol. The van der Waals surface area contributed by atoms with E-state index in [1.54, 1.807) is 0 Å². The summed E-state index contributed by atoms with van der Waals surface area (Å²) in [6.07, 6.45) is 0. The Balaban J connectivity index is 2.09. The zero-order chi connectivity index (χ0) is 9.97. The van der Waals surface area contributed by atoms with Crippen molar-refractivity contribution < 1.29 is 14.3 Å². The first-order valence-corrected chi connectivity index (χ1v) is 4.56. The predicted octanol–water partition coefficient (Wildman–Crippen LogP) is 1.55. The second-order valence-electron chi connectivity index (χ2n) is 2.85. The van der Waals surface area contributed by atoms with Crippen molar-refractivity contribution in [2.24, 2.45) is 0 Å². The highest BCUT2D eigenvalue weighted by Crippen LogP contribution is 2.32. The number of carbonyl (C=O) groups is 1. The summed E-state index contributed by atoms with van der Waals surface area (Å²) in [4.78, 5) is 10.5. The molecule has 0 saturated heterocycles. The molecule has 0 atom stereocenters. The number of ether oxygens (including phenoxy) is 2. The Labute approximate surface area is 86.6 Å². The molecule has 0 radical (unpaired) electrons. The van der Waals surface area contributed by atoms with E-state index in [9.17, 15) is 4.79 Å². The SMILES string of the molecule is O=C(S)NCc1ccc2c(c1)OCO2. The minimum absolute atomic E-state index is 0.262. The second-order valence-corrected chi connectivity index (χ2v) is 3.25. The number of nitrogens with one attached hydrogen (secondary N) is 1. The minimum atomic E-state index is -0.345. The molecule has 2 rings (SSSR count). The fourth-order valence-electron chi connectivity index (χ4n) is 1.23. The number of carbonyl (C=O) groups excluding carboxylic acids is 1. The van der Waals surface area contributed by atoms with Crippen LogP contribution in [0, 0.1) is 0 Å². The summed E-state index contributed by atoms with van der Waals surface area (Å²) in [6, 6.07) is 5.53. The summed E-state index contributed by atoms with van der Waals surface area (Å²) in [6.45, 7) is 0.705. The first-order chi connectivity index (χ1) is 6.75. The third-order valence-electron chi connectivity index (χ3n) is 1.88. The highest BCUT2D eigenvalue weighted by molar-refractivity contribution is 7.96. The Morgan fingerprint density at radius 3 is 3.00 bits per heavy atom. The van der Waals surface area contributed by atoms with Crippen molar-refractivity contribution in [3.8, 4) is 11.5 Å². The molecule has 1 aliphatic rings. The molecule has 4 nitrogen and oxygen atoms in total. The first kappa shape index (κ1) is 9.21. The summed E-state index contributed by atoms with van der Waals surface area (Å²) < 4.78 is 10.3. The first-order valence-electron chi connectivity index (χ1n) is 4.11. The molecule has 1 heterocycles. The van der Waals surface area contributed by atoms with Crippen LogP contribution in [0.4, 0.5) is 4.79 Å². The summed E-state index contributed by atoms with van der Waals surface area (Å²) >= 11 is 3.60. The molecule has 0 saturated carbocycles. The van der Waals surface area contributed by atoms with Gasteiger partial charge in [0.25, 0.3) is 5.24 Å². The van der Waals surface area contributed by atoms with Crippen LogP contribution in [0.1, 0.15) is 5.56 Å². The zero-order valence-electron chi connectivity index (χ0n) is 7.32. The molecule has 1 aromatic rings. The number of hydrogen-bond acceptors (Lipinski definition) is 3. The van der Waals surface area contributed by atoms with Gasteiger partial charge in [0.15, 0.2) is 11.5 Å². The lowest BCUT2D eigenvalue weighted by molar-refractivity contribution is 0.174. The number of thiol groups is 1. The Kier molecular flexibility index (Phi) is 2.49. The molecule has 5 heteroatoms. The highest BCUT2D eigenvalue weighted by Gasteiger charge is 2.12. The van der Waals surface area contributed by atoms with Gasteiger partial charge in [0, 0.05) is 6.54 Å². The van der Waals surface area contributed by atoms with Gasteiger partial charge in [-0.2, -0.15) is 0 Å². The van der Waals surface area contributed by atoms with Crippen LogP contribution in [0.15, 0.2) is 18.2 Å². The Bertz CT molecular complexity index is 367. The minimum Gasteiger partial charge on any atom is -0.454 e. The summed E-state index contributed by atoms with van der Waals surface area (Å²) in [5, 5.41) is 2.24. The molecule has 0 bridgehead atoms. The van der Waals surface area contributed by atoms with Crippen LogP contribution in [0.5, 0.6) is 11.5 Å². The van der Waals surface area contributed by atoms with Gasteiger partial charge in [0.05, 0.1) is 0 Å². The van der Waals surface area contributed by atoms with E-state index in [-0.39, 0.29) is 12.0 Å². The monoisotopic (exact) mass is 211 g/mol. The van der Waals surface area contributed by atoms with E-state index in [2.05, 4.69) is 17.9 Å². The molecule has 0 aromatic heterocycles. The smallest absolute Gasteiger partial charge is 0.276 e. The number of fused-ring (bicyclic) bond motifs is 1. The van der Waals surface area contributed by atoms with Crippen LogP contribution in [-0.4, -0.2) is 12.0 Å². The summed E-state index contributed by atoms with van der Waals surface area (Å²) in [7, 11) is 0. The lowest BCUT2D eigenvalue weighted by Gasteiger charge is -2.02. The fourth-order valence-corrected chi connectivity index (χ4v) is 1.31. The van der Waals surface area contributed by atoms with Crippen LogP contribution < -0.4 is 14.8 Å². The van der Waals surface area contributed by atoms with Gasteiger partial charge in [-0.3, -0.25) is 4.79 Å². The Hall–Kier alpha value is -1.36. The van der Waals surface area contributed by atoms with E-state index in [0.717, 1.165) is 17.1 Å². The summed E-state index contributed by atoms with van der Waals surface area (Å²) in [5.41, 5.74) is 0.955. The molecule has 1 aliphatic heterocycles. The van der Waals surface area contributed by atoms with Crippen molar-refractivity contribution >= 4 is 17.9 Å².